The Morgan fingerprint density at radius 3 is 2.33 bits per heavy atom. The molecule has 1 aliphatic rings. The number of allylic oxidation sites excluding steroid dienone is 1. The fraction of sp³-hybridized carbons (Fsp3) is 0.714. The van der Waals surface area contributed by atoms with Crippen LogP contribution < -0.4 is 0 Å². The van der Waals surface area contributed by atoms with E-state index in [2.05, 4.69) is 0 Å². The van der Waals surface area contributed by atoms with Gasteiger partial charge in [0.2, 0.25) is 0 Å². The molecule has 0 heterocycles. The van der Waals surface area contributed by atoms with Crippen molar-refractivity contribution in [1.82, 2.24) is 0 Å². The lowest BCUT2D eigenvalue weighted by Crippen LogP contribution is -2.26. The number of carboxylic acid groups (broad SMARTS) is 1. The molecule has 0 saturated heterocycles. The zero-order chi connectivity index (χ0) is 14.1. The van der Waals surface area contributed by atoms with Crippen molar-refractivity contribution in [2.24, 2.45) is 17.3 Å². The van der Waals surface area contributed by atoms with Crippen molar-refractivity contribution in [3.05, 3.63) is 12.2 Å². The number of aliphatic carboxylic acids is 1. The molecule has 1 N–H and O–H groups in total. The number of carbonyl (C=O) groups excluding carboxylic acids is 1. The minimum atomic E-state index is -0.862. The molecule has 2 unspecified atom stereocenters. The predicted molar refractivity (Wildman–Crippen MR) is 68.0 cm³/mol. The molecule has 4 nitrogen and oxygen atoms in total. The molecule has 18 heavy (non-hydrogen) atoms. The van der Waals surface area contributed by atoms with Crippen LogP contribution in [0.4, 0.5) is 0 Å². The number of rotatable bonds is 4. The van der Waals surface area contributed by atoms with Gasteiger partial charge in [0.05, 0.1) is 12.3 Å². The van der Waals surface area contributed by atoms with E-state index in [9.17, 15) is 9.59 Å². The number of hydrogen-bond donors (Lipinski definition) is 1. The molecular formula is C14H22O4. The van der Waals surface area contributed by atoms with Crippen LogP contribution >= 0.6 is 0 Å². The van der Waals surface area contributed by atoms with E-state index in [0.717, 1.165) is 0 Å². The van der Waals surface area contributed by atoms with E-state index in [0.29, 0.717) is 0 Å². The first-order valence-electron chi connectivity index (χ1n) is 6.17. The zero-order valence-electron chi connectivity index (χ0n) is 11.7. The normalized spacial score (nSPS) is 26.1. The van der Waals surface area contributed by atoms with Gasteiger partial charge in [0.15, 0.2) is 0 Å². The largest absolute Gasteiger partial charge is 0.481 e. The second kappa shape index (κ2) is 4.75. The van der Waals surface area contributed by atoms with Gasteiger partial charge in [0, 0.05) is 0 Å². The average Bonchev–Trinajstić information content (AvgIpc) is 2.64. The van der Waals surface area contributed by atoms with E-state index >= 15 is 0 Å². The summed E-state index contributed by atoms with van der Waals surface area (Å²) >= 11 is 0. The highest BCUT2D eigenvalue weighted by Crippen LogP contribution is 2.59. The lowest BCUT2D eigenvalue weighted by molar-refractivity contribution is -0.157. The highest BCUT2D eigenvalue weighted by atomic mass is 16.6. The summed E-state index contributed by atoms with van der Waals surface area (Å²) in [7, 11) is 0. The van der Waals surface area contributed by atoms with Crippen molar-refractivity contribution < 1.29 is 19.4 Å². The number of esters is 1. The molecule has 4 heteroatoms. The van der Waals surface area contributed by atoms with Crippen LogP contribution in [-0.4, -0.2) is 22.6 Å². The Morgan fingerprint density at radius 1 is 1.33 bits per heavy atom. The first-order chi connectivity index (χ1) is 8.05. The Kier molecular flexibility index (Phi) is 3.89. The third-order valence-electron chi connectivity index (χ3n) is 3.21. The second-order valence-corrected chi connectivity index (χ2v) is 6.38. The molecule has 0 spiro atoms. The van der Waals surface area contributed by atoms with Gasteiger partial charge in [-0.15, -0.1) is 0 Å². The van der Waals surface area contributed by atoms with Gasteiger partial charge in [0.1, 0.15) is 5.60 Å². The summed E-state index contributed by atoms with van der Waals surface area (Å²) in [6.07, 6.45) is 3.43. The monoisotopic (exact) mass is 254 g/mol. The zero-order valence-corrected chi connectivity index (χ0v) is 11.7. The van der Waals surface area contributed by atoms with Crippen molar-refractivity contribution in [2.45, 2.75) is 46.6 Å². The van der Waals surface area contributed by atoms with Gasteiger partial charge in [-0.2, -0.15) is 0 Å². The minimum Gasteiger partial charge on any atom is -0.481 e. The van der Waals surface area contributed by atoms with Crippen LogP contribution in [0.25, 0.3) is 0 Å². The van der Waals surface area contributed by atoms with Crippen LogP contribution in [0.5, 0.6) is 0 Å². The van der Waals surface area contributed by atoms with E-state index in [1.165, 1.54) is 0 Å². The smallest absolute Gasteiger partial charge is 0.310 e. The fourth-order valence-corrected chi connectivity index (χ4v) is 2.17. The molecular weight excluding hydrogens is 232 g/mol. The molecule has 2 atom stereocenters. The van der Waals surface area contributed by atoms with Gasteiger partial charge in [-0.3, -0.25) is 9.59 Å². The summed E-state index contributed by atoms with van der Waals surface area (Å²) in [6, 6.07) is 0. The Hall–Kier alpha value is -1.32. The van der Waals surface area contributed by atoms with Crippen LogP contribution in [0, 0.1) is 17.3 Å². The van der Waals surface area contributed by atoms with Gasteiger partial charge >= 0.3 is 11.9 Å². The molecule has 0 aromatic heterocycles. The van der Waals surface area contributed by atoms with Crippen molar-refractivity contribution in [1.29, 1.82) is 0 Å². The highest BCUT2D eigenvalue weighted by Gasteiger charge is 2.61. The molecule has 0 aromatic carbocycles. The van der Waals surface area contributed by atoms with E-state index in [1.807, 2.05) is 40.7 Å². The maximum Gasteiger partial charge on any atom is 0.310 e. The molecule has 1 rings (SSSR count). The van der Waals surface area contributed by atoms with Crippen LogP contribution in [0.2, 0.25) is 0 Å². The SMILES string of the molecule is CC(C)(C)OC(=O)C1C(C=CCC(=O)O)C1(C)C. The molecule has 1 saturated carbocycles. The third-order valence-corrected chi connectivity index (χ3v) is 3.21. The number of ether oxygens (including phenoxy) is 1. The van der Waals surface area contributed by atoms with Gasteiger partial charge in [-0.25, -0.2) is 0 Å². The Morgan fingerprint density at radius 2 is 1.89 bits per heavy atom. The molecule has 0 bridgehead atoms. The summed E-state index contributed by atoms with van der Waals surface area (Å²) in [5.74, 6) is -1.15. The van der Waals surface area contributed by atoms with Crippen LogP contribution in [-0.2, 0) is 14.3 Å². The Bertz CT molecular complexity index is 374. The summed E-state index contributed by atoms with van der Waals surface area (Å²) in [6.45, 7) is 9.52. The van der Waals surface area contributed by atoms with Crippen LogP contribution in [0.3, 0.4) is 0 Å². The van der Waals surface area contributed by atoms with Crippen LogP contribution in [0.1, 0.15) is 41.0 Å². The molecule has 0 radical (unpaired) electrons. The Balaban J connectivity index is 2.61. The average molecular weight is 254 g/mol. The van der Waals surface area contributed by atoms with E-state index in [-0.39, 0.29) is 29.6 Å². The minimum absolute atomic E-state index is 0.00633. The van der Waals surface area contributed by atoms with Gasteiger partial charge in [-0.1, -0.05) is 26.0 Å². The highest BCUT2D eigenvalue weighted by molar-refractivity contribution is 5.78. The summed E-state index contributed by atoms with van der Waals surface area (Å²) in [4.78, 5) is 22.4. The Labute approximate surface area is 108 Å². The van der Waals surface area contributed by atoms with Gasteiger partial charge in [-0.05, 0) is 32.1 Å². The van der Waals surface area contributed by atoms with E-state index in [1.54, 1.807) is 6.08 Å². The maximum atomic E-state index is 12.0. The number of hydrogen-bond acceptors (Lipinski definition) is 3. The second-order valence-electron chi connectivity index (χ2n) is 6.38. The lowest BCUT2D eigenvalue weighted by atomic mass is 10.1. The quantitative estimate of drug-likeness (QED) is 0.618. The summed E-state index contributed by atoms with van der Waals surface area (Å²) in [5, 5.41) is 8.56. The van der Waals surface area contributed by atoms with Crippen molar-refractivity contribution in [3.8, 4) is 0 Å². The topological polar surface area (TPSA) is 63.6 Å². The number of carbonyl (C=O) groups is 2. The third kappa shape index (κ3) is 3.59. The van der Waals surface area contributed by atoms with Crippen molar-refractivity contribution >= 4 is 11.9 Å². The predicted octanol–water partition coefficient (Wildman–Crippen LogP) is 2.63. The van der Waals surface area contributed by atoms with Gasteiger partial charge < -0.3 is 9.84 Å². The lowest BCUT2D eigenvalue weighted by Gasteiger charge is -2.19. The van der Waals surface area contributed by atoms with Crippen LogP contribution in [0.15, 0.2) is 12.2 Å². The van der Waals surface area contributed by atoms with Crippen molar-refractivity contribution in [2.75, 3.05) is 0 Å². The fourth-order valence-electron chi connectivity index (χ4n) is 2.17. The summed E-state index contributed by atoms with van der Waals surface area (Å²) < 4.78 is 5.37. The molecule has 1 aliphatic carbocycles. The first-order valence-corrected chi connectivity index (χ1v) is 6.17. The van der Waals surface area contributed by atoms with E-state index < -0.39 is 11.6 Å². The molecule has 0 aromatic rings. The number of carboxylic acids is 1. The molecule has 102 valence electrons. The molecule has 0 amide bonds. The first kappa shape index (κ1) is 14.7. The molecule has 1 fully saturated rings. The van der Waals surface area contributed by atoms with Crippen molar-refractivity contribution in [3.63, 3.8) is 0 Å². The summed E-state index contributed by atoms with van der Waals surface area (Å²) in [5.41, 5.74) is -0.623. The standard InChI is InChI=1S/C14H22O4/c1-13(2,3)18-12(17)11-9(14(11,4)5)7-6-8-10(15)16/h6-7,9,11H,8H2,1-5H3,(H,15,16). The van der Waals surface area contributed by atoms with Gasteiger partial charge in [0.25, 0.3) is 0 Å². The maximum absolute atomic E-state index is 12.0. The van der Waals surface area contributed by atoms with E-state index in [4.69, 9.17) is 9.84 Å². The molecule has 0 aliphatic heterocycles.